The molecule has 2 bridgehead atoms. The number of hydrogen-bond donors (Lipinski definition) is 1. The zero-order chi connectivity index (χ0) is 11.1. The molecule has 90 valence electrons. The van der Waals surface area contributed by atoms with Crippen LogP contribution in [0.25, 0.3) is 0 Å². The van der Waals surface area contributed by atoms with Gasteiger partial charge < -0.3 is 10.2 Å². The van der Waals surface area contributed by atoms with E-state index in [0.29, 0.717) is 24.3 Å². The van der Waals surface area contributed by atoms with E-state index < -0.39 is 0 Å². The Balaban J connectivity index is 1.77. The van der Waals surface area contributed by atoms with E-state index in [2.05, 4.69) is 10.2 Å². The van der Waals surface area contributed by atoms with E-state index in [4.69, 9.17) is 11.6 Å². The quantitative estimate of drug-likeness (QED) is 0.735. The topological polar surface area (TPSA) is 32.3 Å². The molecule has 1 amide bonds. The van der Waals surface area contributed by atoms with Gasteiger partial charge in [-0.2, -0.15) is 0 Å². The number of amides is 1. The average Bonchev–Trinajstić information content (AvgIpc) is 2.80. The van der Waals surface area contributed by atoms with E-state index in [0.717, 1.165) is 24.9 Å². The van der Waals surface area contributed by atoms with Gasteiger partial charge >= 0.3 is 0 Å². The number of carbonyl (C=O) groups excluding carboxylic acids is 1. The molecule has 4 fully saturated rings. The fraction of sp³-hybridized carbons (Fsp3) is 0.917. The van der Waals surface area contributed by atoms with Crippen molar-refractivity contribution in [3.05, 3.63) is 0 Å². The molecule has 0 aromatic heterocycles. The summed E-state index contributed by atoms with van der Waals surface area (Å²) in [7, 11) is 0. The van der Waals surface area contributed by atoms with Crippen LogP contribution in [-0.4, -0.2) is 42.4 Å². The summed E-state index contributed by atoms with van der Waals surface area (Å²) in [4.78, 5) is 14.1. The fourth-order valence-electron chi connectivity index (χ4n) is 3.98. The minimum Gasteiger partial charge on any atom is -0.339 e. The van der Waals surface area contributed by atoms with E-state index in [1.165, 1.54) is 19.4 Å². The summed E-state index contributed by atoms with van der Waals surface area (Å²) >= 11 is 5.67. The fourth-order valence-corrected chi connectivity index (χ4v) is 4.14. The lowest BCUT2D eigenvalue weighted by Gasteiger charge is -2.52. The summed E-state index contributed by atoms with van der Waals surface area (Å²) in [6.45, 7) is 3.27. The maximum atomic E-state index is 12.0. The van der Waals surface area contributed by atoms with Gasteiger partial charge in [0.25, 0.3) is 0 Å². The second-order valence-corrected chi connectivity index (χ2v) is 5.75. The SMILES string of the molecule is O=C(CCCl)N1C[C@H]2CC[C@H]1[C@H]1CNC[C@H]21. The van der Waals surface area contributed by atoms with Crippen LogP contribution in [0.2, 0.25) is 0 Å². The maximum absolute atomic E-state index is 12.0. The predicted octanol–water partition coefficient (Wildman–Crippen LogP) is 1.07. The third-order valence-electron chi connectivity index (χ3n) is 4.70. The Morgan fingerprint density at radius 3 is 2.94 bits per heavy atom. The van der Waals surface area contributed by atoms with Crippen LogP contribution in [0.15, 0.2) is 0 Å². The van der Waals surface area contributed by atoms with Crippen molar-refractivity contribution in [2.45, 2.75) is 25.3 Å². The number of rotatable bonds is 2. The minimum absolute atomic E-state index is 0.273. The van der Waals surface area contributed by atoms with E-state index in [9.17, 15) is 4.79 Å². The molecule has 1 aliphatic carbocycles. The number of alkyl halides is 1. The normalized spacial score (nSPS) is 41.2. The molecule has 4 aliphatic rings. The highest BCUT2D eigenvalue weighted by atomic mass is 35.5. The van der Waals surface area contributed by atoms with Gasteiger partial charge in [-0.15, -0.1) is 11.6 Å². The summed E-state index contributed by atoms with van der Waals surface area (Å²) in [6.07, 6.45) is 3.04. The van der Waals surface area contributed by atoms with E-state index >= 15 is 0 Å². The van der Waals surface area contributed by atoms with Crippen molar-refractivity contribution >= 4 is 17.5 Å². The first-order valence-electron chi connectivity index (χ1n) is 6.37. The van der Waals surface area contributed by atoms with Crippen molar-refractivity contribution < 1.29 is 4.79 Å². The molecular weight excluding hydrogens is 224 g/mol. The summed E-state index contributed by atoms with van der Waals surface area (Å²) in [6, 6.07) is 0.501. The van der Waals surface area contributed by atoms with E-state index in [-0.39, 0.29) is 5.91 Å². The first kappa shape index (κ1) is 10.8. The lowest BCUT2D eigenvalue weighted by molar-refractivity contribution is -0.143. The number of piperidine rings is 2. The highest BCUT2D eigenvalue weighted by Gasteiger charge is 2.50. The van der Waals surface area contributed by atoms with Crippen molar-refractivity contribution in [1.82, 2.24) is 10.2 Å². The smallest absolute Gasteiger partial charge is 0.224 e. The van der Waals surface area contributed by atoms with Gasteiger partial charge in [0.2, 0.25) is 5.91 Å². The molecule has 0 radical (unpaired) electrons. The molecule has 1 saturated carbocycles. The van der Waals surface area contributed by atoms with E-state index in [1.807, 2.05) is 0 Å². The minimum atomic E-state index is 0.273. The summed E-state index contributed by atoms with van der Waals surface area (Å²) in [5.74, 6) is 3.02. The van der Waals surface area contributed by atoms with Crippen molar-refractivity contribution in [1.29, 1.82) is 0 Å². The van der Waals surface area contributed by atoms with Crippen molar-refractivity contribution in [2.75, 3.05) is 25.5 Å². The lowest BCUT2D eigenvalue weighted by Crippen LogP contribution is -2.59. The molecule has 3 aliphatic heterocycles. The Morgan fingerprint density at radius 2 is 2.12 bits per heavy atom. The van der Waals surface area contributed by atoms with Gasteiger partial charge in [-0.25, -0.2) is 0 Å². The van der Waals surface area contributed by atoms with Crippen LogP contribution >= 0.6 is 11.6 Å². The van der Waals surface area contributed by atoms with Crippen molar-refractivity contribution in [3.63, 3.8) is 0 Å². The Kier molecular flexibility index (Phi) is 2.84. The van der Waals surface area contributed by atoms with Crippen molar-refractivity contribution in [3.8, 4) is 0 Å². The second-order valence-electron chi connectivity index (χ2n) is 5.38. The average molecular weight is 243 g/mol. The number of nitrogens with one attached hydrogen (secondary N) is 1. The van der Waals surface area contributed by atoms with Crippen LogP contribution in [0.4, 0.5) is 0 Å². The largest absolute Gasteiger partial charge is 0.339 e. The van der Waals surface area contributed by atoms with Crippen LogP contribution in [0.3, 0.4) is 0 Å². The second kappa shape index (κ2) is 4.19. The molecule has 16 heavy (non-hydrogen) atoms. The molecule has 4 rings (SSSR count). The number of hydrogen-bond acceptors (Lipinski definition) is 2. The molecule has 3 saturated heterocycles. The van der Waals surface area contributed by atoms with Gasteiger partial charge in [0.05, 0.1) is 0 Å². The Labute approximate surface area is 102 Å². The van der Waals surface area contributed by atoms with Gasteiger partial charge in [-0.05, 0) is 37.1 Å². The van der Waals surface area contributed by atoms with E-state index in [1.54, 1.807) is 0 Å². The Hall–Kier alpha value is -0.280. The molecule has 0 aromatic rings. The number of nitrogens with zero attached hydrogens (tertiary/aromatic N) is 1. The zero-order valence-corrected chi connectivity index (χ0v) is 10.2. The molecule has 1 N–H and O–H groups in total. The van der Waals surface area contributed by atoms with Crippen LogP contribution in [0, 0.1) is 17.8 Å². The van der Waals surface area contributed by atoms with Crippen molar-refractivity contribution in [2.24, 2.45) is 17.8 Å². The summed E-state index contributed by atoms with van der Waals surface area (Å²) in [5, 5.41) is 3.49. The lowest BCUT2D eigenvalue weighted by atomic mass is 9.66. The molecule has 3 nitrogen and oxygen atoms in total. The Bertz CT molecular complexity index is 297. The monoisotopic (exact) mass is 242 g/mol. The van der Waals surface area contributed by atoms with Gasteiger partial charge in [0.1, 0.15) is 0 Å². The molecule has 4 atom stereocenters. The maximum Gasteiger partial charge on any atom is 0.224 e. The number of fused-ring (bicyclic) bond motifs is 2. The molecule has 4 heteroatoms. The standard InChI is InChI=1S/C12H19ClN2O/c13-4-3-12(16)15-7-8-1-2-11(15)10-6-14-5-9(8)10/h8-11,14H,1-7H2/t8-,9-,10+,11+/m1/s1. The summed E-state index contributed by atoms with van der Waals surface area (Å²) in [5.41, 5.74) is 0. The van der Waals surface area contributed by atoms with Gasteiger partial charge in [-0.3, -0.25) is 4.79 Å². The van der Waals surface area contributed by atoms with Crippen LogP contribution in [0.1, 0.15) is 19.3 Å². The zero-order valence-electron chi connectivity index (χ0n) is 9.49. The first-order chi connectivity index (χ1) is 7.81. The van der Waals surface area contributed by atoms with Crippen LogP contribution in [0.5, 0.6) is 0 Å². The van der Waals surface area contributed by atoms with Gasteiger partial charge in [0.15, 0.2) is 0 Å². The third kappa shape index (κ3) is 1.56. The number of halogens is 1. The number of carbonyl (C=O) groups is 1. The van der Waals surface area contributed by atoms with Crippen LogP contribution < -0.4 is 5.32 Å². The van der Waals surface area contributed by atoms with Crippen LogP contribution in [-0.2, 0) is 4.79 Å². The van der Waals surface area contributed by atoms with Gasteiger partial charge in [-0.1, -0.05) is 0 Å². The van der Waals surface area contributed by atoms with Gasteiger partial charge in [0, 0.05) is 31.4 Å². The molecular formula is C12H19ClN2O. The highest BCUT2D eigenvalue weighted by Crippen LogP contribution is 2.45. The first-order valence-corrected chi connectivity index (χ1v) is 6.91. The molecule has 0 unspecified atom stereocenters. The third-order valence-corrected chi connectivity index (χ3v) is 4.89. The molecule has 0 spiro atoms. The highest BCUT2D eigenvalue weighted by molar-refractivity contribution is 6.18. The molecule has 3 heterocycles. The summed E-state index contributed by atoms with van der Waals surface area (Å²) < 4.78 is 0. The Morgan fingerprint density at radius 1 is 1.31 bits per heavy atom. The molecule has 0 aromatic carbocycles. The predicted molar refractivity (Wildman–Crippen MR) is 63.4 cm³/mol.